The van der Waals surface area contributed by atoms with Gasteiger partial charge in [0.25, 0.3) is 0 Å². The third kappa shape index (κ3) is 2.81. The van der Waals surface area contributed by atoms with Gasteiger partial charge in [-0.25, -0.2) is 0 Å². The van der Waals surface area contributed by atoms with Crippen LogP contribution < -0.4 is 21.2 Å². The van der Waals surface area contributed by atoms with Crippen LogP contribution in [0.1, 0.15) is 0 Å². The molecule has 2 heteroatoms. The standard InChI is InChI=1S/C24H19OP/c25-20-16-18-24(19-17-20)26(21-10-4-1-5-11-21,22-12-6-2-7-13-22)23-14-8-3-9-15-23/h1-19H/p+1. The van der Waals surface area contributed by atoms with Crippen LogP contribution >= 0.6 is 7.26 Å². The minimum atomic E-state index is -2.04. The van der Waals surface area contributed by atoms with Crippen molar-refractivity contribution >= 4 is 28.5 Å². The van der Waals surface area contributed by atoms with E-state index in [0.717, 1.165) is 0 Å². The zero-order valence-corrected chi connectivity index (χ0v) is 15.3. The van der Waals surface area contributed by atoms with E-state index in [2.05, 4.69) is 103 Å². The summed E-state index contributed by atoms with van der Waals surface area (Å²) >= 11 is 0. The van der Waals surface area contributed by atoms with E-state index in [0.29, 0.717) is 5.75 Å². The Balaban J connectivity index is 2.12. The minimum Gasteiger partial charge on any atom is -0.508 e. The lowest BCUT2D eigenvalue weighted by Gasteiger charge is -2.27. The Morgan fingerprint density at radius 1 is 0.385 bits per heavy atom. The zero-order chi connectivity index (χ0) is 17.8. The lowest BCUT2D eigenvalue weighted by molar-refractivity contribution is 0.475. The Kier molecular flexibility index (Phi) is 4.56. The van der Waals surface area contributed by atoms with E-state index < -0.39 is 7.26 Å². The summed E-state index contributed by atoms with van der Waals surface area (Å²) in [4.78, 5) is 0. The van der Waals surface area contributed by atoms with Gasteiger partial charge in [-0.2, -0.15) is 0 Å². The van der Waals surface area contributed by atoms with E-state index in [-0.39, 0.29) is 0 Å². The van der Waals surface area contributed by atoms with Crippen molar-refractivity contribution in [2.75, 3.05) is 0 Å². The second-order valence-corrected chi connectivity index (χ2v) is 9.60. The number of hydrogen-bond donors (Lipinski definition) is 1. The molecule has 0 aliphatic carbocycles. The molecule has 0 aromatic heterocycles. The number of benzene rings is 4. The Bertz CT molecular complexity index is 868. The van der Waals surface area contributed by atoms with Gasteiger partial charge in [-0.3, -0.25) is 0 Å². The van der Waals surface area contributed by atoms with Crippen LogP contribution in [0.2, 0.25) is 0 Å². The van der Waals surface area contributed by atoms with Crippen LogP contribution in [0.25, 0.3) is 0 Å². The van der Waals surface area contributed by atoms with E-state index >= 15 is 0 Å². The smallest absolute Gasteiger partial charge is 0.144 e. The van der Waals surface area contributed by atoms with Crippen molar-refractivity contribution < 1.29 is 5.11 Å². The van der Waals surface area contributed by atoms with E-state index in [1.165, 1.54) is 21.2 Å². The fourth-order valence-electron chi connectivity index (χ4n) is 3.53. The van der Waals surface area contributed by atoms with Crippen molar-refractivity contribution in [1.29, 1.82) is 0 Å². The lowest BCUT2D eigenvalue weighted by Crippen LogP contribution is -2.38. The summed E-state index contributed by atoms with van der Waals surface area (Å²) in [5.74, 6) is 0.293. The largest absolute Gasteiger partial charge is 0.508 e. The number of hydrogen-bond acceptors (Lipinski definition) is 1. The third-order valence-electron chi connectivity index (χ3n) is 4.67. The number of aromatic hydroxyl groups is 1. The summed E-state index contributed by atoms with van der Waals surface area (Å²) in [6, 6.07) is 39.9. The highest BCUT2D eigenvalue weighted by Gasteiger charge is 2.47. The molecule has 1 nitrogen and oxygen atoms in total. The van der Waals surface area contributed by atoms with Gasteiger partial charge in [0.2, 0.25) is 0 Å². The molecule has 0 saturated heterocycles. The molecule has 0 spiro atoms. The number of rotatable bonds is 4. The predicted octanol–water partition coefficient (Wildman–Crippen LogP) is 4.01. The summed E-state index contributed by atoms with van der Waals surface area (Å²) in [6.07, 6.45) is 0. The van der Waals surface area contributed by atoms with Gasteiger partial charge < -0.3 is 5.11 Å². The normalized spacial score (nSPS) is 11.2. The molecular weight excluding hydrogens is 335 g/mol. The van der Waals surface area contributed by atoms with Gasteiger partial charge in [0.05, 0.1) is 0 Å². The maximum absolute atomic E-state index is 9.85. The molecule has 0 aliphatic rings. The monoisotopic (exact) mass is 355 g/mol. The number of phenolic OH excluding ortho intramolecular Hbond substituents is 1. The first-order valence-corrected chi connectivity index (χ1v) is 10.5. The van der Waals surface area contributed by atoms with Gasteiger partial charge >= 0.3 is 0 Å². The van der Waals surface area contributed by atoms with Gasteiger partial charge in [0.1, 0.15) is 34.2 Å². The highest BCUT2D eigenvalue weighted by atomic mass is 31.2. The summed E-state index contributed by atoms with van der Waals surface area (Å²) in [7, 11) is -2.04. The molecule has 0 fully saturated rings. The maximum atomic E-state index is 9.85. The molecule has 0 unspecified atom stereocenters. The van der Waals surface area contributed by atoms with Crippen LogP contribution in [0.4, 0.5) is 0 Å². The molecule has 0 saturated carbocycles. The van der Waals surface area contributed by atoms with Crippen molar-refractivity contribution in [2.45, 2.75) is 0 Å². The van der Waals surface area contributed by atoms with Crippen molar-refractivity contribution in [3.05, 3.63) is 115 Å². The molecule has 4 rings (SSSR count). The van der Waals surface area contributed by atoms with Gasteiger partial charge in [-0.15, -0.1) is 0 Å². The SMILES string of the molecule is Oc1ccc([P+](c2ccccc2)(c2ccccc2)c2ccccc2)cc1. The number of phenols is 1. The maximum Gasteiger partial charge on any atom is 0.144 e. The Morgan fingerprint density at radius 2 is 0.692 bits per heavy atom. The second kappa shape index (κ2) is 7.15. The van der Waals surface area contributed by atoms with Gasteiger partial charge in [0.15, 0.2) is 0 Å². The summed E-state index contributed by atoms with van der Waals surface area (Å²) < 4.78 is 0. The van der Waals surface area contributed by atoms with Crippen LogP contribution in [0.15, 0.2) is 115 Å². The minimum absolute atomic E-state index is 0.293. The van der Waals surface area contributed by atoms with E-state index in [9.17, 15) is 5.11 Å². The molecule has 26 heavy (non-hydrogen) atoms. The molecule has 1 N–H and O–H groups in total. The lowest BCUT2D eigenvalue weighted by atomic mass is 10.3. The highest BCUT2D eigenvalue weighted by Crippen LogP contribution is 2.54. The van der Waals surface area contributed by atoms with Crippen LogP contribution in [0.3, 0.4) is 0 Å². The van der Waals surface area contributed by atoms with Crippen LogP contribution in [-0.2, 0) is 0 Å². The second-order valence-electron chi connectivity index (χ2n) is 6.19. The van der Waals surface area contributed by atoms with E-state index in [4.69, 9.17) is 0 Å². The van der Waals surface area contributed by atoms with Crippen LogP contribution in [-0.4, -0.2) is 5.11 Å². The van der Waals surface area contributed by atoms with Crippen molar-refractivity contribution in [3.8, 4) is 5.75 Å². The van der Waals surface area contributed by atoms with Gasteiger partial charge in [-0.05, 0) is 60.7 Å². The molecule has 0 amide bonds. The molecule has 0 bridgehead atoms. The van der Waals surface area contributed by atoms with Crippen LogP contribution in [0, 0.1) is 0 Å². The predicted molar refractivity (Wildman–Crippen MR) is 113 cm³/mol. The highest BCUT2D eigenvalue weighted by molar-refractivity contribution is 8.01. The molecule has 0 atom stereocenters. The fraction of sp³-hybridized carbons (Fsp3) is 0. The van der Waals surface area contributed by atoms with E-state index in [1.807, 2.05) is 0 Å². The van der Waals surface area contributed by atoms with Gasteiger partial charge in [0, 0.05) is 0 Å². The van der Waals surface area contributed by atoms with E-state index in [1.54, 1.807) is 12.1 Å². The third-order valence-corrected chi connectivity index (χ3v) is 8.96. The fourth-order valence-corrected chi connectivity index (χ4v) is 7.77. The molecule has 0 aliphatic heterocycles. The molecular formula is C24H20OP+. The van der Waals surface area contributed by atoms with Crippen molar-refractivity contribution in [1.82, 2.24) is 0 Å². The average molecular weight is 355 g/mol. The molecule has 0 radical (unpaired) electrons. The molecule has 0 heterocycles. The van der Waals surface area contributed by atoms with Crippen LogP contribution in [0.5, 0.6) is 5.75 Å². The molecule has 126 valence electrons. The molecule has 4 aromatic carbocycles. The quantitative estimate of drug-likeness (QED) is 0.549. The van der Waals surface area contributed by atoms with Crippen molar-refractivity contribution in [2.24, 2.45) is 0 Å². The Morgan fingerprint density at radius 3 is 1.04 bits per heavy atom. The van der Waals surface area contributed by atoms with Gasteiger partial charge in [-0.1, -0.05) is 54.6 Å². The zero-order valence-electron chi connectivity index (χ0n) is 14.4. The Labute approximate surface area is 154 Å². The first-order valence-electron chi connectivity index (χ1n) is 8.67. The first kappa shape index (κ1) is 16.6. The summed E-state index contributed by atoms with van der Waals surface area (Å²) in [5.41, 5.74) is 0. The summed E-state index contributed by atoms with van der Waals surface area (Å²) in [5, 5.41) is 15.0. The Hall–Kier alpha value is -2.89. The van der Waals surface area contributed by atoms with Crippen molar-refractivity contribution in [3.63, 3.8) is 0 Å². The first-order chi connectivity index (χ1) is 12.8. The summed E-state index contributed by atoms with van der Waals surface area (Å²) in [6.45, 7) is 0. The average Bonchev–Trinajstić information content (AvgIpc) is 2.72. The topological polar surface area (TPSA) is 20.2 Å². The molecule has 4 aromatic rings.